The van der Waals surface area contributed by atoms with Crippen LogP contribution in [0, 0.1) is 0 Å². The van der Waals surface area contributed by atoms with Crippen molar-refractivity contribution in [2.45, 2.75) is 79.2 Å². The molecule has 0 bridgehead atoms. The van der Waals surface area contributed by atoms with Crippen molar-refractivity contribution in [1.82, 2.24) is 5.32 Å². The van der Waals surface area contributed by atoms with Gasteiger partial charge in [-0.2, -0.15) is 0 Å². The molecule has 0 aromatic carbocycles. The molecule has 1 N–H and O–H groups in total. The Bertz CT molecular complexity index is 361. The normalized spacial score (nSPS) is 25.0. The lowest BCUT2D eigenvalue weighted by Crippen LogP contribution is -2.40. The van der Waals surface area contributed by atoms with Crippen LogP contribution in [0.2, 0.25) is 0 Å². The summed E-state index contributed by atoms with van der Waals surface area (Å²) in [6.45, 7) is 9.73. The maximum Gasteiger partial charge on any atom is 0.250 e. The molecule has 0 saturated carbocycles. The number of ether oxygens (including phenoxy) is 1. The summed E-state index contributed by atoms with van der Waals surface area (Å²) in [5, 5.41) is 2.81. The Morgan fingerprint density at radius 1 is 1.10 bits per heavy atom. The van der Waals surface area contributed by atoms with Gasteiger partial charge in [-0.3, -0.25) is 9.59 Å². The van der Waals surface area contributed by atoms with E-state index in [-0.39, 0.29) is 17.7 Å². The minimum absolute atomic E-state index is 0.0228. The second kappa shape index (κ2) is 11.4. The van der Waals surface area contributed by atoms with E-state index >= 15 is 0 Å². The number of carbonyl (C=O) groups is 2. The molecule has 1 aliphatic rings. The first kappa shape index (κ1) is 19.7. The molecule has 0 aromatic rings. The van der Waals surface area contributed by atoms with E-state index in [1.54, 1.807) is 13.8 Å². The maximum atomic E-state index is 12.0. The molecular formula is C17H31NO3. The minimum atomic E-state index is -0.365. The van der Waals surface area contributed by atoms with Crippen molar-refractivity contribution in [1.29, 1.82) is 0 Å². The molecule has 21 heavy (non-hydrogen) atoms. The standard InChI is InChI=1S/C15H25NO3.C2H6/c1-11-13(3)19-10-8-6-4-5-7-9-14(12(2)17)16-15(11)18;1-2/h14H,4-10H2,1-3H3,(H,16,18);1-2H3/b13-11-;. The fraction of sp³-hybridized carbons (Fsp3) is 0.765. The van der Waals surface area contributed by atoms with Gasteiger partial charge >= 0.3 is 0 Å². The van der Waals surface area contributed by atoms with Crippen LogP contribution >= 0.6 is 0 Å². The zero-order valence-electron chi connectivity index (χ0n) is 14.3. The third-order valence-electron chi connectivity index (χ3n) is 3.62. The first-order valence-corrected chi connectivity index (χ1v) is 8.14. The van der Waals surface area contributed by atoms with Crippen LogP contribution in [0.1, 0.15) is 73.1 Å². The molecule has 0 spiro atoms. The third-order valence-corrected chi connectivity index (χ3v) is 3.62. The number of Topliss-reactive ketones (excluding diaryl/α,β-unsaturated/α-hetero) is 1. The van der Waals surface area contributed by atoms with Gasteiger partial charge < -0.3 is 10.1 Å². The molecule has 4 heteroatoms. The number of hydrogen-bond donors (Lipinski definition) is 1. The number of nitrogens with one attached hydrogen (secondary N) is 1. The van der Waals surface area contributed by atoms with E-state index in [1.165, 1.54) is 6.92 Å². The monoisotopic (exact) mass is 297 g/mol. The largest absolute Gasteiger partial charge is 0.498 e. The Labute approximate surface area is 129 Å². The van der Waals surface area contributed by atoms with E-state index in [2.05, 4.69) is 5.32 Å². The summed E-state index contributed by atoms with van der Waals surface area (Å²) in [6.07, 6.45) is 6.12. The summed E-state index contributed by atoms with van der Waals surface area (Å²) in [5.41, 5.74) is 0.561. The van der Waals surface area contributed by atoms with E-state index < -0.39 is 0 Å². The van der Waals surface area contributed by atoms with Gasteiger partial charge in [-0.1, -0.05) is 39.5 Å². The van der Waals surface area contributed by atoms with Gasteiger partial charge in [0, 0.05) is 0 Å². The molecule has 0 aromatic heterocycles. The van der Waals surface area contributed by atoms with Crippen molar-refractivity contribution in [3.05, 3.63) is 11.3 Å². The van der Waals surface area contributed by atoms with Gasteiger partial charge in [0.25, 0.3) is 5.91 Å². The van der Waals surface area contributed by atoms with Crippen LogP contribution in [-0.2, 0) is 14.3 Å². The van der Waals surface area contributed by atoms with Crippen molar-refractivity contribution in [3.63, 3.8) is 0 Å². The van der Waals surface area contributed by atoms with Gasteiger partial charge in [0.15, 0.2) is 5.78 Å². The van der Waals surface area contributed by atoms with Crippen LogP contribution in [0.25, 0.3) is 0 Å². The van der Waals surface area contributed by atoms with Crippen molar-refractivity contribution in [3.8, 4) is 0 Å². The number of ketones is 1. The lowest BCUT2D eigenvalue weighted by Gasteiger charge is -2.16. The van der Waals surface area contributed by atoms with Gasteiger partial charge in [-0.15, -0.1) is 0 Å². The van der Waals surface area contributed by atoms with E-state index in [1.807, 2.05) is 13.8 Å². The second-order valence-corrected chi connectivity index (χ2v) is 5.22. The summed E-state index contributed by atoms with van der Waals surface area (Å²) in [7, 11) is 0. The predicted molar refractivity (Wildman–Crippen MR) is 86.0 cm³/mol. The van der Waals surface area contributed by atoms with Crippen molar-refractivity contribution in [2.24, 2.45) is 0 Å². The molecule has 0 aliphatic carbocycles. The minimum Gasteiger partial charge on any atom is -0.498 e. The Kier molecular flexibility index (Phi) is 10.6. The van der Waals surface area contributed by atoms with Crippen LogP contribution in [0.3, 0.4) is 0 Å². The van der Waals surface area contributed by atoms with Crippen LogP contribution in [0.15, 0.2) is 11.3 Å². The van der Waals surface area contributed by atoms with Crippen molar-refractivity contribution < 1.29 is 14.3 Å². The zero-order chi connectivity index (χ0) is 16.3. The topological polar surface area (TPSA) is 55.4 Å². The Balaban J connectivity index is 0.00000191. The quantitative estimate of drug-likeness (QED) is 0.802. The van der Waals surface area contributed by atoms with E-state index in [9.17, 15) is 9.59 Å². The zero-order valence-corrected chi connectivity index (χ0v) is 14.3. The number of carbonyl (C=O) groups excluding carboxylic acids is 2. The molecular weight excluding hydrogens is 266 g/mol. The number of amides is 1. The summed E-state index contributed by atoms with van der Waals surface area (Å²) in [4.78, 5) is 23.6. The molecule has 1 atom stereocenters. The summed E-state index contributed by atoms with van der Waals surface area (Å²) >= 11 is 0. The molecule has 0 saturated heterocycles. The molecule has 0 fully saturated rings. The molecule has 4 nitrogen and oxygen atoms in total. The summed E-state index contributed by atoms with van der Waals surface area (Å²) < 4.78 is 5.57. The van der Waals surface area contributed by atoms with E-state index in [0.717, 1.165) is 38.5 Å². The number of rotatable bonds is 1. The average Bonchev–Trinajstić information content (AvgIpc) is 2.49. The van der Waals surface area contributed by atoms with Crippen LogP contribution in [-0.4, -0.2) is 24.3 Å². The highest BCUT2D eigenvalue weighted by Crippen LogP contribution is 2.13. The first-order valence-electron chi connectivity index (χ1n) is 8.14. The van der Waals surface area contributed by atoms with Gasteiger partial charge in [-0.05, 0) is 33.6 Å². The van der Waals surface area contributed by atoms with Crippen molar-refractivity contribution >= 4 is 11.7 Å². The molecule has 1 amide bonds. The van der Waals surface area contributed by atoms with Gasteiger partial charge in [0.1, 0.15) is 5.76 Å². The van der Waals surface area contributed by atoms with Crippen LogP contribution < -0.4 is 5.32 Å². The second-order valence-electron chi connectivity index (χ2n) is 5.22. The Morgan fingerprint density at radius 2 is 1.67 bits per heavy atom. The highest BCUT2D eigenvalue weighted by molar-refractivity contribution is 5.96. The van der Waals surface area contributed by atoms with Crippen LogP contribution in [0.4, 0.5) is 0 Å². The molecule has 1 heterocycles. The summed E-state index contributed by atoms with van der Waals surface area (Å²) in [5.74, 6) is 0.477. The van der Waals surface area contributed by atoms with E-state index in [4.69, 9.17) is 4.74 Å². The fourth-order valence-corrected chi connectivity index (χ4v) is 2.12. The van der Waals surface area contributed by atoms with E-state index in [0.29, 0.717) is 17.9 Å². The SMILES string of the molecule is CC.CC(=O)C1CCCCCCCO/C(C)=C(/C)C(=O)N1. The highest BCUT2D eigenvalue weighted by Gasteiger charge is 2.19. The Hall–Kier alpha value is -1.32. The smallest absolute Gasteiger partial charge is 0.250 e. The molecule has 1 rings (SSSR count). The first-order chi connectivity index (χ1) is 10.0. The molecule has 1 unspecified atom stereocenters. The summed E-state index contributed by atoms with van der Waals surface area (Å²) in [6, 6.07) is -0.365. The number of allylic oxidation sites excluding steroid dienone is 1. The lowest BCUT2D eigenvalue weighted by molar-refractivity contribution is -0.125. The fourth-order valence-electron chi connectivity index (χ4n) is 2.12. The van der Waals surface area contributed by atoms with Gasteiger partial charge in [0.2, 0.25) is 0 Å². The van der Waals surface area contributed by atoms with Gasteiger partial charge in [0.05, 0.1) is 18.2 Å². The third kappa shape index (κ3) is 7.88. The molecule has 1 aliphatic heterocycles. The highest BCUT2D eigenvalue weighted by atomic mass is 16.5. The number of hydrogen-bond acceptors (Lipinski definition) is 3. The molecule has 122 valence electrons. The maximum absolute atomic E-state index is 12.0. The Morgan fingerprint density at radius 3 is 2.29 bits per heavy atom. The predicted octanol–water partition coefficient (Wildman–Crippen LogP) is 3.75. The molecule has 0 radical (unpaired) electrons. The van der Waals surface area contributed by atoms with Crippen molar-refractivity contribution in [2.75, 3.05) is 6.61 Å². The average molecular weight is 297 g/mol. The lowest BCUT2D eigenvalue weighted by atomic mass is 10.0. The van der Waals surface area contributed by atoms with Gasteiger partial charge in [-0.25, -0.2) is 0 Å². The van der Waals surface area contributed by atoms with Crippen LogP contribution in [0.5, 0.6) is 0 Å².